The average Bonchev–Trinajstić information content (AvgIpc) is 3.15. The van der Waals surface area contributed by atoms with Gasteiger partial charge in [0, 0.05) is 5.75 Å². The van der Waals surface area contributed by atoms with Crippen molar-refractivity contribution in [3.63, 3.8) is 0 Å². The summed E-state index contributed by atoms with van der Waals surface area (Å²) < 4.78 is 1.78. The Morgan fingerprint density at radius 2 is 2.00 bits per heavy atom. The van der Waals surface area contributed by atoms with Crippen molar-refractivity contribution in [1.29, 1.82) is 0 Å². The van der Waals surface area contributed by atoms with E-state index in [1.807, 2.05) is 35.7 Å². The standard InChI is InChI=1S/C15H14N4OS2/c16-13(20)9-19-14(12-7-4-8-21-12)17-18-15(19)22-10-11-5-2-1-3-6-11/h1-8H,9-10H2,(H2,16,20). The van der Waals surface area contributed by atoms with E-state index in [1.165, 1.54) is 5.56 Å². The Morgan fingerprint density at radius 3 is 2.68 bits per heavy atom. The number of rotatable bonds is 6. The van der Waals surface area contributed by atoms with Crippen LogP contribution in [0.15, 0.2) is 53.0 Å². The maximum Gasteiger partial charge on any atom is 0.237 e. The minimum atomic E-state index is -0.404. The van der Waals surface area contributed by atoms with Crippen LogP contribution in [-0.4, -0.2) is 20.7 Å². The molecule has 3 aromatic rings. The Bertz CT molecular complexity index is 753. The van der Waals surface area contributed by atoms with Crippen LogP contribution in [0.4, 0.5) is 0 Å². The van der Waals surface area contributed by atoms with Crippen LogP contribution in [0.2, 0.25) is 0 Å². The number of nitrogens with two attached hydrogens (primary N) is 1. The maximum atomic E-state index is 11.4. The third kappa shape index (κ3) is 3.37. The maximum absolute atomic E-state index is 11.4. The SMILES string of the molecule is NC(=O)Cn1c(SCc2ccccc2)nnc1-c1cccs1. The number of amides is 1. The lowest BCUT2D eigenvalue weighted by Gasteiger charge is -2.07. The quantitative estimate of drug-likeness (QED) is 0.705. The zero-order valence-electron chi connectivity index (χ0n) is 11.7. The molecule has 2 heterocycles. The normalized spacial score (nSPS) is 10.7. The van der Waals surface area contributed by atoms with Crippen molar-refractivity contribution in [1.82, 2.24) is 14.8 Å². The zero-order chi connectivity index (χ0) is 15.4. The van der Waals surface area contributed by atoms with E-state index >= 15 is 0 Å². The molecular weight excluding hydrogens is 316 g/mol. The summed E-state index contributed by atoms with van der Waals surface area (Å²) in [6.07, 6.45) is 0. The highest BCUT2D eigenvalue weighted by Gasteiger charge is 2.16. The Labute approximate surface area is 136 Å². The molecule has 0 radical (unpaired) electrons. The molecule has 2 N–H and O–H groups in total. The molecule has 0 aliphatic heterocycles. The molecule has 3 rings (SSSR count). The highest BCUT2D eigenvalue weighted by Crippen LogP contribution is 2.28. The monoisotopic (exact) mass is 330 g/mol. The van der Waals surface area contributed by atoms with Crippen molar-refractivity contribution in [3.8, 4) is 10.7 Å². The molecule has 0 saturated heterocycles. The van der Waals surface area contributed by atoms with Gasteiger partial charge in [-0.1, -0.05) is 48.2 Å². The van der Waals surface area contributed by atoms with Crippen molar-refractivity contribution < 1.29 is 4.79 Å². The van der Waals surface area contributed by atoms with E-state index in [9.17, 15) is 4.79 Å². The van der Waals surface area contributed by atoms with Gasteiger partial charge in [0.25, 0.3) is 0 Å². The fourth-order valence-electron chi connectivity index (χ4n) is 2.00. The van der Waals surface area contributed by atoms with Gasteiger partial charge in [-0.25, -0.2) is 0 Å². The van der Waals surface area contributed by atoms with Crippen LogP contribution in [-0.2, 0) is 17.1 Å². The Balaban J connectivity index is 1.85. The van der Waals surface area contributed by atoms with Crippen molar-refractivity contribution in [2.24, 2.45) is 5.73 Å². The molecule has 0 bridgehead atoms. The van der Waals surface area contributed by atoms with Crippen LogP contribution in [0, 0.1) is 0 Å². The second-order valence-corrected chi connectivity index (χ2v) is 6.50. The summed E-state index contributed by atoms with van der Waals surface area (Å²) in [5.41, 5.74) is 6.55. The fourth-order valence-corrected chi connectivity index (χ4v) is 3.61. The number of primary amides is 1. The molecule has 0 saturated carbocycles. The van der Waals surface area contributed by atoms with Crippen LogP contribution in [0.5, 0.6) is 0 Å². The molecule has 1 aromatic carbocycles. The van der Waals surface area contributed by atoms with Gasteiger partial charge in [0.1, 0.15) is 6.54 Å². The third-order valence-electron chi connectivity index (χ3n) is 2.98. The van der Waals surface area contributed by atoms with Gasteiger partial charge >= 0.3 is 0 Å². The summed E-state index contributed by atoms with van der Waals surface area (Å²) in [5, 5.41) is 11.1. The number of nitrogens with zero attached hydrogens (tertiary/aromatic N) is 3. The smallest absolute Gasteiger partial charge is 0.237 e. The molecule has 2 aromatic heterocycles. The second kappa shape index (κ2) is 6.76. The first kappa shape index (κ1) is 14.8. The predicted octanol–water partition coefficient (Wildman–Crippen LogP) is 2.78. The van der Waals surface area contributed by atoms with E-state index in [0.717, 1.165) is 10.6 Å². The van der Waals surface area contributed by atoms with E-state index in [-0.39, 0.29) is 6.54 Å². The molecule has 0 atom stereocenters. The van der Waals surface area contributed by atoms with Crippen LogP contribution >= 0.6 is 23.1 Å². The number of carbonyl (C=O) groups is 1. The van der Waals surface area contributed by atoms with Crippen LogP contribution < -0.4 is 5.73 Å². The summed E-state index contributed by atoms with van der Waals surface area (Å²) in [7, 11) is 0. The summed E-state index contributed by atoms with van der Waals surface area (Å²) >= 11 is 3.11. The first-order valence-electron chi connectivity index (χ1n) is 6.66. The number of carbonyl (C=O) groups excluding carboxylic acids is 1. The zero-order valence-corrected chi connectivity index (χ0v) is 13.3. The average molecular weight is 330 g/mol. The number of hydrogen-bond donors (Lipinski definition) is 1. The lowest BCUT2D eigenvalue weighted by atomic mass is 10.2. The summed E-state index contributed by atoms with van der Waals surface area (Å²) in [6, 6.07) is 14.0. The molecule has 0 aliphatic rings. The lowest BCUT2D eigenvalue weighted by molar-refractivity contribution is -0.118. The second-order valence-electron chi connectivity index (χ2n) is 4.61. The predicted molar refractivity (Wildman–Crippen MR) is 88.5 cm³/mol. The topological polar surface area (TPSA) is 73.8 Å². The van der Waals surface area contributed by atoms with E-state index in [2.05, 4.69) is 22.3 Å². The highest BCUT2D eigenvalue weighted by atomic mass is 32.2. The highest BCUT2D eigenvalue weighted by molar-refractivity contribution is 7.98. The van der Waals surface area contributed by atoms with Gasteiger partial charge < -0.3 is 5.73 Å². The van der Waals surface area contributed by atoms with Crippen LogP contribution in [0.3, 0.4) is 0 Å². The Kier molecular flexibility index (Phi) is 4.55. The minimum absolute atomic E-state index is 0.0807. The molecule has 0 aliphatic carbocycles. The van der Waals surface area contributed by atoms with Crippen LogP contribution in [0.25, 0.3) is 10.7 Å². The fraction of sp³-hybridized carbons (Fsp3) is 0.133. The van der Waals surface area contributed by atoms with Gasteiger partial charge in [0.2, 0.25) is 5.91 Å². The lowest BCUT2D eigenvalue weighted by Crippen LogP contribution is -2.19. The largest absolute Gasteiger partial charge is 0.368 e. The van der Waals surface area contributed by atoms with E-state index < -0.39 is 5.91 Å². The number of thioether (sulfide) groups is 1. The van der Waals surface area contributed by atoms with Crippen molar-refractivity contribution >= 4 is 29.0 Å². The van der Waals surface area contributed by atoms with Gasteiger partial charge in [-0.2, -0.15) is 0 Å². The Morgan fingerprint density at radius 1 is 1.18 bits per heavy atom. The van der Waals surface area contributed by atoms with Crippen molar-refractivity contribution in [3.05, 3.63) is 53.4 Å². The first-order chi connectivity index (χ1) is 10.7. The summed E-state index contributed by atoms with van der Waals surface area (Å²) in [4.78, 5) is 12.3. The van der Waals surface area contributed by atoms with Crippen molar-refractivity contribution in [2.45, 2.75) is 17.5 Å². The van der Waals surface area contributed by atoms with Crippen LogP contribution in [0.1, 0.15) is 5.56 Å². The third-order valence-corrected chi connectivity index (χ3v) is 4.89. The molecular formula is C15H14N4OS2. The van der Waals surface area contributed by atoms with Gasteiger partial charge in [-0.3, -0.25) is 9.36 Å². The number of benzene rings is 1. The van der Waals surface area contributed by atoms with Gasteiger partial charge in [-0.15, -0.1) is 21.5 Å². The summed E-state index contributed by atoms with van der Waals surface area (Å²) in [6.45, 7) is 0.0807. The molecule has 0 fully saturated rings. The summed E-state index contributed by atoms with van der Waals surface area (Å²) in [5.74, 6) is 1.05. The molecule has 22 heavy (non-hydrogen) atoms. The molecule has 112 valence electrons. The molecule has 5 nitrogen and oxygen atoms in total. The number of hydrogen-bond acceptors (Lipinski definition) is 5. The number of aromatic nitrogens is 3. The van der Waals surface area contributed by atoms with E-state index in [1.54, 1.807) is 27.7 Å². The number of thiophene rings is 1. The van der Waals surface area contributed by atoms with Gasteiger partial charge in [0.15, 0.2) is 11.0 Å². The molecule has 0 unspecified atom stereocenters. The first-order valence-corrected chi connectivity index (χ1v) is 8.52. The van der Waals surface area contributed by atoms with E-state index in [0.29, 0.717) is 11.0 Å². The van der Waals surface area contributed by atoms with Gasteiger partial charge in [0.05, 0.1) is 4.88 Å². The van der Waals surface area contributed by atoms with Crippen molar-refractivity contribution in [2.75, 3.05) is 0 Å². The molecule has 1 amide bonds. The Hall–Kier alpha value is -2.12. The van der Waals surface area contributed by atoms with E-state index in [4.69, 9.17) is 5.73 Å². The molecule has 7 heteroatoms. The molecule has 0 spiro atoms. The minimum Gasteiger partial charge on any atom is -0.368 e. The van der Waals surface area contributed by atoms with Gasteiger partial charge in [-0.05, 0) is 17.0 Å².